The number of ether oxygens (including phenoxy) is 1. The summed E-state index contributed by atoms with van der Waals surface area (Å²) in [6.45, 7) is 1.90. The Morgan fingerprint density at radius 1 is 1.67 bits per heavy atom. The zero-order valence-corrected chi connectivity index (χ0v) is 8.67. The Hall–Kier alpha value is -0.320. The minimum Gasteiger partial charge on any atom is -0.466 e. The van der Waals surface area contributed by atoms with Gasteiger partial charge in [0.1, 0.15) is 5.76 Å². The number of rotatable bonds is 3. The van der Waals surface area contributed by atoms with E-state index in [1.54, 1.807) is 13.4 Å². The van der Waals surface area contributed by atoms with E-state index in [4.69, 9.17) is 14.9 Å². The maximum atomic E-state index is 5.85. The molecule has 12 heavy (non-hydrogen) atoms. The molecule has 1 aromatic rings. The molecule has 68 valence electrons. The molecule has 0 aliphatic heterocycles. The van der Waals surface area contributed by atoms with Crippen molar-refractivity contribution >= 4 is 15.9 Å². The van der Waals surface area contributed by atoms with Crippen molar-refractivity contribution < 1.29 is 9.15 Å². The summed E-state index contributed by atoms with van der Waals surface area (Å²) in [5, 5.41) is 0. The van der Waals surface area contributed by atoms with Gasteiger partial charge in [0.05, 0.1) is 22.9 Å². The van der Waals surface area contributed by atoms with Crippen LogP contribution in [0.1, 0.15) is 18.7 Å². The fourth-order valence-electron chi connectivity index (χ4n) is 0.903. The molecule has 0 aliphatic carbocycles. The van der Waals surface area contributed by atoms with Gasteiger partial charge in [-0.25, -0.2) is 0 Å². The summed E-state index contributed by atoms with van der Waals surface area (Å²) in [4.78, 5) is 0. The zero-order valence-electron chi connectivity index (χ0n) is 7.08. The van der Waals surface area contributed by atoms with Crippen LogP contribution < -0.4 is 5.73 Å². The lowest BCUT2D eigenvalue weighted by molar-refractivity contribution is 0.0886. The molecular weight excluding hydrogens is 222 g/mol. The van der Waals surface area contributed by atoms with Crippen molar-refractivity contribution in [3.8, 4) is 0 Å². The zero-order chi connectivity index (χ0) is 9.14. The highest BCUT2D eigenvalue weighted by Gasteiger charge is 2.19. The highest BCUT2D eigenvalue weighted by Crippen LogP contribution is 2.25. The molecule has 0 saturated heterocycles. The van der Waals surface area contributed by atoms with E-state index in [1.807, 2.05) is 13.0 Å². The van der Waals surface area contributed by atoms with Crippen LogP contribution in [-0.2, 0) is 4.74 Å². The van der Waals surface area contributed by atoms with Crippen LogP contribution in [0.3, 0.4) is 0 Å². The summed E-state index contributed by atoms with van der Waals surface area (Å²) in [5.74, 6) is 0.726. The maximum Gasteiger partial charge on any atom is 0.137 e. The fourth-order valence-corrected chi connectivity index (χ4v) is 1.37. The molecule has 0 aromatic carbocycles. The lowest BCUT2D eigenvalue weighted by Gasteiger charge is -2.16. The van der Waals surface area contributed by atoms with Gasteiger partial charge < -0.3 is 14.9 Å². The molecule has 0 radical (unpaired) electrons. The Labute approximate surface area is 80.0 Å². The van der Waals surface area contributed by atoms with Crippen molar-refractivity contribution in [2.24, 2.45) is 5.73 Å². The molecule has 3 nitrogen and oxygen atoms in total. The molecule has 1 aromatic heterocycles. The van der Waals surface area contributed by atoms with Crippen molar-refractivity contribution in [2.45, 2.75) is 19.1 Å². The van der Waals surface area contributed by atoms with Crippen LogP contribution in [0.4, 0.5) is 0 Å². The van der Waals surface area contributed by atoms with E-state index in [1.165, 1.54) is 0 Å². The van der Waals surface area contributed by atoms with Crippen LogP contribution in [0.15, 0.2) is 21.2 Å². The molecule has 0 aliphatic rings. The second-order valence-electron chi connectivity index (χ2n) is 2.60. The summed E-state index contributed by atoms with van der Waals surface area (Å²) in [6.07, 6.45) is 1.55. The van der Waals surface area contributed by atoms with Gasteiger partial charge in [-0.1, -0.05) is 0 Å². The van der Waals surface area contributed by atoms with Gasteiger partial charge in [0, 0.05) is 7.11 Å². The second-order valence-corrected chi connectivity index (χ2v) is 3.45. The topological polar surface area (TPSA) is 48.4 Å². The van der Waals surface area contributed by atoms with E-state index in [0.717, 1.165) is 10.2 Å². The number of methoxy groups -OCH3 is 1. The number of furan rings is 1. The molecule has 0 bridgehead atoms. The van der Waals surface area contributed by atoms with Gasteiger partial charge in [0.15, 0.2) is 0 Å². The predicted octanol–water partition coefficient (Wildman–Crippen LogP) is 2.08. The molecule has 2 atom stereocenters. The summed E-state index contributed by atoms with van der Waals surface area (Å²) in [5.41, 5.74) is 5.85. The second kappa shape index (κ2) is 4.07. The van der Waals surface area contributed by atoms with E-state index in [2.05, 4.69) is 15.9 Å². The molecule has 0 saturated carbocycles. The van der Waals surface area contributed by atoms with Crippen molar-refractivity contribution in [3.63, 3.8) is 0 Å². The van der Waals surface area contributed by atoms with Crippen LogP contribution in [0, 0.1) is 0 Å². The Kier molecular flexibility index (Phi) is 3.31. The van der Waals surface area contributed by atoms with Crippen molar-refractivity contribution in [1.29, 1.82) is 0 Å². The van der Waals surface area contributed by atoms with E-state index >= 15 is 0 Å². The highest BCUT2D eigenvalue weighted by atomic mass is 79.9. The average Bonchev–Trinajstić information content (AvgIpc) is 2.48. The van der Waals surface area contributed by atoms with Crippen molar-refractivity contribution in [3.05, 3.63) is 22.6 Å². The summed E-state index contributed by atoms with van der Waals surface area (Å²) >= 11 is 3.34. The van der Waals surface area contributed by atoms with Crippen LogP contribution >= 0.6 is 15.9 Å². The summed E-state index contributed by atoms with van der Waals surface area (Å²) in [6, 6.07) is 1.59. The SMILES string of the molecule is COC(C)C(N)c1occc1Br. The van der Waals surface area contributed by atoms with E-state index < -0.39 is 0 Å². The van der Waals surface area contributed by atoms with E-state index in [0.29, 0.717) is 0 Å². The van der Waals surface area contributed by atoms with Crippen LogP contribution in [0.25, 0.3) is 0 Å². The van der Waals surface area contributed by atoms with Gasteiger partial charge in [-0.05, 0) is 28.9 Å². The van der Waals surface area contributed by atoms with Gasteiger partial charge in [0.2, 0.25) is 0 Å². The quantitative estimate of drug-likeness (QED) is 0.870. The van der Waals surface area contributed by atoms with Gasteiger partial charge >= 0.3 is 0 Å². The smallest absolute Gasteiger partial charge is 0.137 e. The van der Waals surface area contributed by atoms with Gasteiger partial charge in [0.25, 0.3) is 0 Å². The molecule has 2 N–H and O–H groups in total. The van der Waals surface area contributed by atoms with Crippen LogP contribution in [0.2, 0.25) is 0 Å². The monoisotopic (exact) mass is 233 g/mol. The largest absolute Gasteiger partial charge is 0.466 e. The van der Waals surface area contributed by atoms with E-state index in [9.17, 15) is 0 Å². The highest BCUT2D eigenvalue weighted by molar-refractivity contribution is 9.10. The standard InChI is InChI=1S/C8H12BrNO2/c1-5(11-2)7(10)8-6(9)3-4-12-8/h3-5,7H,10H2,1-2H3. The van der Waals surface area contributed by atoms with Gasteiger partial charge in [-0.2, -0.15) is 0 Å². The first-order valence-corrected chi connectivity index (χ1v) is 4.47. The number of nitrogens with two attached hydrogens (primary N) is 1. The molecule has 0 spiro atoms. The lowest BCUT2D eigenvalue weighted by Crippen LogP contribution is -2.24. The molecular formula is C8H12BrNO2. The van der Waals surface area contributed by atoms with Crippen molar-refractivity contribution in [2.75, 3.05) is 7.11 Å². The van der Waals surface area contributed by atoms with E-state index in [-0.39, 0.29) is 12.1 Å². The van der Waals surface area contributed by atoms with Crippen LogP contribution in [-0.4, -0.2) is 13.2 Å². The first kappa shape index (κ1) is 9.77. The minimum atomic E-state index is -0.223. The summed E-state index contributed by atoms with van der Waals surface area (Å²) in [7, 11) is 1.63. The fraction of sp³-hybridized carbons (Fsp3) is 0.500. The van der Waals surface area contributed by atoms with Crippen LogP contribution in [0.5, 0.6) is 0 Å². The normalized spacial score (nSPS) is 16.0. The first-order chi connectivity index (χ1) is 5.66. The molecule has 4 heteroatoms. The molecule has 1 rings (SSSR count). The Morgan fingerprint density at radius 2 is 2.33 bits per heavy atom. The Bertz CT molecular complexity index is 249. The molecule has 0 fully saturated rings. The number of hydrogen-bond donors (Lipinski definition) is 1. The Morgan fingerprint density at radius 3 is 2.75 bits per heavy atom. The Balaban J connectivity index is 2.77. The number of hydrogen-bond acceptors (Lipinski definition) is 3. The molecule has 2 unspecified atom stereocenters. The lowest BCUT2D eigenvalue weighted by atomic mass is 10.1. The molecule has 0 amide bonds. The average molecular weight is 234 g/mol. The third-order valence-corrected chi connectivity index (χ3v) is 2.48. The third kappa shape index (κ3) is 1.88. The first-order valence-electron chi connectivity index (χ1n) is 3.68. The minimum absolute atomic E-state index is 0.0487. The maximum absolute atomic E-state index is 5.85. The van der Waals surface area contributed by atoms with Crippen molar-refractivity contribution in [1.82, 2.24) is 0 Å². The van der Waals surface area contributed by atoms with Gasteiger partial charge in [-0.15, -0.1) is 0 Å². The molecule has 1 heterocycles. The third-order valence-electron chi connectivity index (χ3n) is 1.83. The summed E-state index contributed by atoms with van der Waals surface area (Å²) < 4.78 is 11.2. The number of halogens is 1. The predicted molar refractivity (Wildman–Crippen MR) is 49.8 cm³/mol. The van der Waals surface area contributed by atoms with Gasteiger partial charge in [-0.3, -0.25) is 0 Å².